The minimum atomic E-state index is -0.646. The van der Waals surface area contributed by atoms with Crippen molar-refractivity contribution in [3.8, 4) is 23.0 Å². The van der Waals surface area contributed by atoms with Crippen molar-refractivity contribution in [1.82, 2.24) is 0 Å². The van der Waals surface area contributed by atoms with Crippen molar-refractivity contribution in [1.29, 1.82) is 0 Å². The Bertz CT molecular complexity index is 709. The van der Waals surface area contributed by atoms with Crippen LogP contribution in [0.25, 0.3) is 0 Å². The molecule has 0 atom stereocenters. The Kier molecular flexibility index (Phi) is 4.50. The lowest BCUT2D eigenvalue weighted by Gasteiger charge is -2.11. The number of rotatable bonds is 2. The van der Waals surface area contributed by atoms with Gasteiger partial charge < -0.3 is 20.4 Å². The summed E-state index contributed by atoms with van der Waals surface area (Å²) in [7, 11) is 0. The highest BCUT2D eigenvalue weighted by atomic mass is 79.9. The Hall–Kier alpha value is -1.25. The van der Waals surface area contributed by atoms with Crippen LogP contribution < -0.4 is 0 Å². The Labute approximate surface area is 144 Å². The SMILES string of the molecule is O=C(c1cc(O)c(O)c(Br)c1)c1c(O)c(O)cc(Br)c1Br. The van der Waals surface area contributed by atoms with Gasteiger partial charge in [0.25, 0.3) is 0 Å². The molecular weight excluding hydrogens is 476 g/mol. The highest BCUT2D eigenvalue weighted by Gasteiger charge is 2.23. The molecule has 0 aliphatic heterocycles. The molecule has 0 bridgehead atoms. The van der Waals surface area contributed by atoms with Gasteiger partial charge in [-0.2, -0.15) is 0 Å². The molecule has 0 radical (unpaired) electrons. The molecule has 0 unspecified atom stereocenters. The summed E-state index contributed by atoms with van der Waals surface area (Å²) in [6.07, 6.45) is 0. The minimum Gasteiger partial charge on any atom is -0.504 e. The van der Waals surface area contributed by atoms with E-state index in [0.717, 1.165) is 6.07 Å². The maximum Gasteiger partial charge on any atom is 0.198 e. The third kappa shape index (κ3) is 2.88. The summed E-state index contributed by atoms with van der Waals surface area (Å²) in [6, 6.07) is 3.59. The van der Waals surface area contributed by atoms with Gasteiger partial charge in [0.1, 0.15) is 0 Å². The standard InChI is InChI=1S/C13H7Br3O5/c14-5-3-8(18)13(21)9(10(5)16)11(19)4-1-6(15)12(20)7(17)2-4/h1-3,17-18,20-21H. The molecule has 0 saturated carbocycles. The molecule has 21 heavy (non-hydrogen) atoms. The van der Waals surface area contributed by atoms with Gasteiger partial charge >= 0.3 is 0 Å². The monoisotopic (exact) mass is 480 g/mol. The Morgan fingerprint density at radius 3 is 1.95 bits per heavy atom. The van der Waals surface area contributed by atoms with E-state index in [1.54, 1.807) is 0 Å². The molecule has 110 valence electrons. The number of ketones is 1. The molecule has 8 heteroatoms. The number of halogens is 3. The maximum absolute atomic E-state index is 12.5. The first-order valence-electron chi connectivity index (χ1n) is 5.40. The molecule has 0 fully saturated rings. The molecule has 0 amide bonds. The molecular formula is C13H7Br3O5. The van der Waals surface area contributed by atoms with Gasteiger partial charge in [-0.15, -0.1) is 0 Å². The number of phenolic OH excluding ortho intramolecular Hbond substituents is 4. The van der Waals surface area contributed by atoms with Crippen LogP contribution in [0.2, 0.25) is 0 Å². The molecule has 0 saturated heterocycles. The summed E-state index contributed by atoms with van der Waals surface area (Å²) >= 11 is 9.30. The second kappa shape index (κ2) is 5.86. The predicted octanol–water partition coefficient (Wildman–Crippen LogP) is 4.03. The average Bonchev–Trinajstić information content (AvgIpc) is 2.42. The van der Waals surface area contributed by atoms with Crippen molar-refractivity contribution >= 4 is 53.6 Å². The highest BCUT2D eigenvalue weighted by molar-refractivity contribution is 9.13. The van der Waals surface area contributed by atoms with Gasteiger partial charge in [-0.25, -0.2) is 0 Å². The largest absolute Gasteiger partial charge is 0.504 e. The first-order valence-corrected chi connectivity index (χ1v) is 7.78. The van der Waals surface area contributed by atoms with Crippen LogP contribution in [0.5, 0.6) is 23.0 Å². The first kappa shape index (κ1) is 16.1. The van der Waals surface area contributed by atoms with E-state index in [1.807, 2.05) is 0 Å². The molecule has 2 aromatic carbocycles. The van der Waals surface area contributed by atoms with E-state index in [0.29, 0.717) is 4.47 Å². The van der Waals surface area contributed by atoms with Gasteiger partial charge in [-0.05, 0) is 66.0 Å². The summed E-state index contributed by atoms with van der Waals surface area (Å²) in [4.78, 5) is 12.5. The van der Waals surface area contributed by atoms with Gasteiger partial charge in [-0.3, -0.25) is 4.79 Å². The number of benzene rings is 2. The predicted molar refractivity (Wildman–Crippen MR) is 86.1 cm³/mol. The zero-order valence-corrected chi connectivity index (χ0v) is 14.8. The summed E-state index contributed by atoms with van der Waals surface area (Å²) in [5.74, 6) is -2.57. The van der Waals surface area contributed by atoms with Crippen LogP contribution in [-0.2, 0) is 0 Å². The second-order valence-corrected chi connectivity index (χ2v) is 6.57. The summed E-state index contributed by atoms with van der Waals surface area (Å²) in [5.41, 5.74) is -0.149. The number of aromatic hydroxyl groups is 4. The lowest BCUT2D eigenvalue weighted by molar-refractivity contribution is 0.103. The number of hydrogen-bond acceptors (Lipinski definition) is 5. The van der Waals surface area contributed by atoms with E-state index >= 15 is 0 Å². The minimum absolute atomic E-state index is 0.0191. The molecule has 0 spiro atoms. The summed E-state index contributed by atoms with van der Waals surface area (Å²) < 4.78 is 0.760. The smallest absolute Gasteiger partial charge is 0.198 e. The van der Waals surface area contributed by atoms with Gasteiger partial charge in [0.2, 0.25) is 0 Å². The first-order chi connectivity index (χ1) is 9.73. The molecule has 0 aliphatic carbocycles. The van der Waals surface area contributed by atoms with Crippen molar-refractivity contribution < 1.29 is 25.2 Å². The van der Waals surface area contributed by atoms with Crippen molar-refractivity contribution in [3.05, 3.63) is 42.7 Å². The maximum atomic E-state index is 12.5. The van der Waals surface area contributed by atoms with Crippen LogP contribution in [0.3, 0.4) is 0 Å². The molecule has 0 aromatic heterocycles. The Morgan fingerprint density at radius 1 is 0.810 bits per heavy atom. The normalized spacial score (nSPS) is 10.6. The van der Waals surface area contributed by atoms with Crippen molar-refractivity contribution in [2.45, 2.75) is 0 Å². The van der Waals surface area contributed by atoms with Crippen LogP contribution in [0.15, 0.2) is 31.6 Å². The van der Waals surface area contributed by atoms with E-state index in [9.17, 15) is 25.2 Å². The van der Waals surface area contributed by atoms with E-state index in [1.165, 1.54) is 12.1 Å². The lowest BCUT2D eigenvalue weighted by Crippen LogP contribution is -2.04. The average molecular weight is 483 g/mol. The fourth-order valence-electron chi connectivity index (χ4n) is 1.67. The van der Waals surface area contributed by atoms with Gasteiger partial charge in [0, 0.05) is 14.5 Å². The van der Waals surface area contributed by atoms with Gasteiger partial charge in [0.15, 0.2) is 28.8 Å². The quantitative estimate of drug-likeness (QED) is 0.383. The van der Waals surface area contributed by atoms with Gasteiger partial charge in [0.05, 0.1) is 10.0 Å². The third-order valence-electron chi connectivity index (χ3n) is 2.70. The fraction of sp³-hybridized carbons (Fsp3) is 0. The van der Waals surface area contributed by atoms with Crippen molar-refractivity contribution in [2.75, 3.05) is 0 Å². The molecule has 2 rings (SSSR count). The Morgan fingerprint density at radius 2 is 1.38 bits per heavy atom. The van der Waals surface area contributed by atoms with Crippen LogP contribution in [-0.4, -0.2) is 26.2 Å². The third-order valence-corrected chi connectivity index (χ3v) is 5.29. The molecule has 4 N–H and O–H groups in total. The highest BCUT2D eigenvalue weighted by Crippen LogP contribution is 2.42. The van der Waals surface area contributed by atoms with Gasteiger partial charge in [-0.1, -0.05) is 0 Å². The number of hydrogen-bond donors (Lipinski definition) is 4. The number of carbonyl (C=O) groups is 1. The number of carbonyl (C=O) groups excluding carboxylic acids is 1. The fourth-order valence-corrected chi connectivity index (χ4v) is 3.02. The van der Waals surface area contributed by atoms with Crippen LogP contribution in [0.4, 0.5) is 0 Å². The van der Waals surface area contributed by atoms with Crippen molar-refractivity contribution in [2.24, 2.45) is 0 Å². The van der Waals surface area contributed by atoms with Crippen molar-refractivity contribution in [3.63, 3.8) is 0 Å². The summed E-state index contributed by atoms with van der Waals surface area (Å²) in [6.45, 7) is 0. The molecule has 0 aliphatic rings. The molecule has 0 heterocycles. The number of phenols is 4. The summed E-state index contributed by atoms with van der Waals surface area (Å²) in [5, 5.41) is 38.5. The zero-order valence-electron chi connectivity index (χ0n) is 10.1. The zero-order chi connectivity index (χ0) is 15.9. The second-order valence-electron chi connectivity index (χ2n) is 4.07. The van der Waals surface area contributed by atoms with Crippen LogP contribution in [0.1, 0.15) is 15.9 Å². The molecule has 2 aromatic rings. The van der Waals surface area contributed by atoms with E-state index in [-0.39, 0.29) is 20.1 Å². The lowest BCUT2D eigenvalue weighted by atomic mass is 10.0. The topological polar surface area (TPSA) is 98.0 Å². The van der Waals surface area contributed by atoms with E-state index in [2.05, 4.69) is 47.8 Å². The van der Waals surface area contributed by atoms with Crippen LogP contribution >= 0.6 is 47.8 Å². The molecule has 5 nitrogen and oxygen atoms in total. The Balaban J connectivity index is 2.66. The van der Waals surface area contributed by atoms with E-state index in [4.69, 9.17) is 0 Å². The van der Waals surface area contributed by atoms with Crippen LogP contribution in [0, 0.1) is 0 Å². The van der Waals surface area contributed by atoms with E-state index < -0.39 is 28.8 Å².